The molecule has 7 aromatic rings. The monoisotopic (exact) mass is 632 g/mol. The van der Waals surface area contributed by atoms with Crippen LogP contribution in [0.25, 0.3) is 55.4 Å². The van der Waals surface area contributed by atoms with Crippen molar-refractivity contribution in [2.75, 3.05) is 0 Å². The third kappa shape index (κ3) is 4.08. The molecule has 0 amide bonds. The summed E-state index contributed by atoms with van der Waals surface area (Å²) in [6.45, 7) is 0. The smallest absolute Gasteiger partial charge is 0.132 e. The van der Waals surface area contributed by atoms with Crippen molar-refractivity contribution in [2.24, 2.45) is 23.7 Å². The predicted molar refractivity (Wildman–Crippen MR) is 198 cm³/mol. The second-order valence-electron chi connectivity index (χ2n) is 15.0. The molecule has 49 heavy (non-hydrogen) atoms. The van der Waals surface area contributed by atoms with Crippen molar-refractivity contribution in [2.45, 2.75) is 37.5 Å². The van der Waals surface area contributed by atoms with E-state index in [-0.39, 0.29) is 5.41 Å². The average molecular weight is 633 g/mol. The number of nitrogens with zero attached hydrogens (tertiary/aromatic N) is 2. The summed E-state index contributed by atoms with van der Waals surface area (Å²) >= 11 is 0. The summed E-state index contributed by atoms with van der Waals surface area (Å²) in [6.07, 6.45) is 6.93. The van der Waals surface area contributed by atoms with E-state index in [1.54, 1.807) is 0 Å². The fourth-order valence-corrected chi connectivity index (χ4v) is 10.7. The molecule has 5 aliphatic rings. The quantitative estimate of drug-likeness (QED) is 0.194. The van der Waals surface area contributed by atoms with Crippen LogP contribution in [-0.2, 0) is 5.41 Å². The van der Waals surface area contributed by atoms with Gasteiger partial charge in [-0.1, -0.05) is 97.1 Å². The van der Waals surface area contributed by atoms with Gasteiger partial charge in [-0.3, -0.25) is 0 Å². The minimum atomic E-state index is 0.0835. The first-order valence-electron chi connectivity index (χ1n) is 18.0. The molecule has 0 radical (unpaired) electrons. The maximum absolute atomic E-state index is 6.79. The summed E-state index contributed by atoms with van der Waals surface area (Å²) < 4.78 is 6.79. The molecule has 6 aromatic carbocycles. The number of para-hydroxylation sites is 3. The molecule has 12 rings (SSSR count). The molecule has 4 fully saturated rings. The Morgan fingerprint density at radius 2 is 1.00 bits per heavy atom. The largest absolute Gasteiger partial charge is 0.457 e. The molecule has 4 bridgehead atoms. The van der Waals surface area contributed by atoms with Crippen LogP contribution in [-0.4, -0.2) is 9.97 Å². The molecule has 0 N–H and O–H groups in total. The number of aromatic nitrogens is 2. The van der Waals surface area contributed by atoms with Gasteiger partial charge in [0.25, 0.3) is 0 Å². The van der Waals surface area contributed by atoms with E-state index in [2.05, 4.69) is 103 Å². The van der Waals surface area contributed by atoms with Crippen molar-refractivity contribution in [3.05, 3.63) is 145 Å². The van der Waals surface area contributed by atoms with Crippen molar-refractivity contribution < 1.29 is 4.74 Å². The first-order chi connectivity index (χ1) is 24.2. The SMILES string of the molecule is c1ccc(-c2nc3ccccc3nc2-c2ccc3cc(-c4ccc5c(c4)Oc4ccccc4C54C5CC6CC(C5)CC4C6)ccc3c2)cc1. The Kier molecular flexibility index (Phi) is 5.85. The summed E-state index contributed by atoms with van der Waals surface area (Å²) in [5.41, 5.74) is 11.1. The Hall–Kier alpha value is -5.28. The lowest BCUT2D eigenvalue weighted by Crippen LogP contribution is -2.56. The topological polar surface area (TPSA) is 35.0 Å². The van der Waals surface area contributed by atoms with E-state index < -0.39 is 0 Å². The summed E-state index contributed by atoms with van der Waals surface area (Å²) in [7, 11) is 0. The summed E-state index contributed by atoms with van der Waals surface area (Å²) in [4.78, 5) is 10.2. The molecule has 1 aromatic heterocycles. The van der Waals surface area contributed by atoms with Gasteiger partial charge in [-0.2, -0.15) is 0 Å². The lowest BCUT2D eigenvalue weighted by molar-refractivity contribution is -0.0452. The summed E-state index contributed by atoms with van der Waals surface area (Å²) in [5.74, 6) is 5.38. The van der Waals surface area contributed by atoms with Gasteiger partial charge in [0.1, 0.15) is 11.5 Å². The van der Waals surface area contributed by atoms with Crippen LogP contribution in [0.5, 0.6) is 11.5 Å². The Bertz CT molecular complexity index is 2420. The van der Waals surface area contributed by atoms with Gasteiger partial charge in [0, 0.05) is 27.7 Å². The lowest BCUT2D eigenvalue weighted by atomic mass is 9.42. The van der Waals surface area contributed by atoms with Crippen molar-refractivity contribution in [1.82, 2.24) is 9.97 Å². The van der Waals surface area contributed by atoms with Crippen LogP contribution in [0.2, 0.25) is 0 Å². The first-order valence-corrected chi connectivity index (χ1v) is 18.0. The lowest BCUT2D eigenvalue weighted by Gasteiger charge is -2.63. The van der Waals surface area contributed by atoms with Crippen molar-refractivity contribution >= 4 is 21.8 Å². The number of hydrogen-bond acceptors (Lipinski definition) is 3. The highest BCUT2D eigenvalue weighted by atomic mass is 16.5. The van der Waals surface area contributed by atoms with Crippen molar-refractivity contribution in [3.63, 3.8) is 0 Å². The van der Waals surface area contributed by atoms with Crippen LogP contribution in [0.1, 0.15) is 43.2 Å². The molecule has 3 heteroatoms. The van der Waals surface area contributed by atoms with Crippen LogP contribution >= 0.6 is 0 Å². The standard InChI is InChI=1S/C46H36N2O/c1-2-8-30(9-3-1)44-45(48-41-12-6-5-11-40(41)47-44)35-17-16-31-25-32(14-15-33(31)26-35)34-18-19-39-43(27-34)49-42-13-7-4-10-38(42)46(39)36-21-28-20-29(23-36)24-37(46)22-28/h1-19,25-29,36-37H,20-24H2. The second-order valence-corrected chi connectivity index (χ2v) is 15.0. The average Bonchev–Trinajstić information content (AvgIpc) is 3.15. The van der Waals surface area contributed by atoms with Gasteiger partial charge in [0.05, 0.1) is 22.4 Å². The van der Waals surface area contributed by atoms with Gasteiger partial charge < -0.3 is 4.74 Å². The number of hydrogen-bond donors (Lipinski definition) is 0. The van der Waals surface area contributed by atoms with Crippen molar-refractivity contribution in [3.8, 4) is 45.1 Å². The molecule has 4 saturated carbocycles. The minimum absolute atomic E-state index is 0.0835. The maximum atomic E-state index is 6.79. The Balaban J connectivity index is 0.995. The number of ether oxygens (including phenoxy) is 1. The van der Waals surface area contributed by atoms with Crippen LogP contribution in [0.4, 0.5) is 0 Å². The van der Waals surface area contributed by atoms with Gasteiger partial charge in [-0.05, 0) is 114 Å². The molecule has 3 nitrogen and oxygen atoms in total. The zero-order valence-corrected chi connectivity index (χ0v) is 27.3. The third-order valence-electron chi connectivity index (χ3n) is 12.5. The predicted octanol–water partition coefficient (Wildman–Crippen LogP) is 11.6. The van der Waals surface area contributed by atoms with E-state index in [4.69, 9.17) is 14.7 Å². The fourth-order valence-electron chi connectivity index (χ4n) is 10.7. The van der Waals surface area contributed by atoms with E-state index in [0.717, 1.165) is 56.9 Å². The molecule has 236 valence electrons. The highest BCUT2D eigenvalue weighted by Gasteiger charge is 2.61. The number of benzene rings is 6. The van der Waals surface area contributed by atoms with Gasteiger partial charge in [0.15, 0.2) is 0 Å². The molecule has 2 heterocycles. The Morgan fingerprint density at radius 1 is 0.449 bits per heavy atom. The van der Waals surface area contributed by atoms with E-state index >= 15 is 0 Å². The molecule has 1 aliphatic heterocycles. The number of fused-ring (bicyclic) bond motifs is 4. The van der Waals surface area contributed by atoms with Crippen LogP contribution in [0, 0.1) is 23.7 Å². The minimum Gasteiger partial charge on any atom is -0.457 e. The van der Waals surface area contributed by atoms with Crippen LogP contribution in [0.15, 0.2) is 133 Å². The second kappa shape index (κ2) is 10.4. The number of rotatable bonds is 3. The molecule has 0 unspecified atom stereocenters. The fraction of sp³-hybridized carbons (Fsp3) is 0.217. The highest BCUT2D eigenvalue weighted by molar-refractivity contribution is 5.93. The molecular weight excluding hydrogens is 597 g/mol. The van der Waals surface area contributed by atoms with Gasteiger partial charge >= 0.3 is 0 Å². The Morgan fingerprint density at radius 3 is 1.73 bits per heavy atom. The van der Waals surface area contributed by atoms with Gasteiger partial charge in [0.2, 0.25) is 0 Å². The molecule has 0 saturated heterocycles. The normalized spacial score (nSPS) is 24.6. The molecule has 4 aliphatic carbocycles. The van der Waals surface area contributed by atoms with Crippen LogP contribution < -0.4 is 4.74 Å². The molecule has 0 atom stereocenters. The van der Waals surface area contributed by atoms with Gasteiger partial charge in [-0.15, -0.1) is 0 Å². The van der Waals surface area contributed by atoms with E-state index in [9.17, 15) is 0 Å². The van der Waals surface area contributed by atoms with E-state index in [1.165, 1.54) is 65.1 Å². The van der Waals surface area contributed by atoms with Crippen molar-refractivity contribution in [1.29, 1.82) is 0 Å². The molecular formula is C46H36N2O. The zero-order valence-electron chi connectivity index (χ0n) is 27.3. The Labute approximate surface area is 286 Å². The van der Waals surface area contributed by atoms with E-state index in [1.807, 2.05) is 30.3 Å². The highest BCUT2D eigenvalue weighted by Crippen LogP contribution is 2.68. The zero-order chi connectivity index (χ0) is 32.1. The molecule has 1 spiro atoms. The maximum Gasteiger partial charge on any atom is 0.132 e. The van der Waals surface area contributed by atoms with E-state index in [0.29, 0.717) is 11.8 Å². The summed E-state index contributed by atoms with van der Waals surface area (Å²) in [6, 6.07) is 48.1. The van der Waals surface area contributed by atoms with Crippen LogP contribution in [0.3, 0.4) is 0 Å². The summed E-state index contributed by atoms with van der Waals surface area (Å²) in [5, 5.41) is 2.39. The van der Waals surface area contributed by atoms with Gasteiger partial charge in [-0.25, -0.2) is 9.97 Å². The first kappa shape index (κ1) is 27.6. The third-order valence-corrected chi connectivity index (χ3v) is 12.5.